The lowest BCUT2D eigenvalue weighted by molar-refractivity contribution is 0.414. The van der Waals surface area contributed by atoms with E-state index in [4.69, 9.17) is 39.5 Å². The predicted octanol–water partition coefficient (Wildman–Crippen LogP) is 4.96. The maximum absolute atomic E-state index is 6.27. The van der Waals surface area contributed by atoms with Crippen molar-refractivity contribution in [1.29, 1.82) is 0 Å². The van der Waals surface area contributed by atoms with Crippen molar-refractivity contribution in [3.63, 3.8) is 0 Å². The molecule has 0 aliphatic carbocycles. The molecule has 106 valence electrons. The zero-order chi connectivity index (χ0) is 14.7. The van der Waals surface area contributed by atoms with Gasteiger partial charge in [-0.1, -0.05) is 46.9 Å². The van der Waals surface area contributed by atoms with Crippen molar-refractivity contribution in [2.45, 2.75) is 6.04 Å². The van der Waals surface area contributed by atoms with Gasteiger partial charge in [0, 0.05) is 15.6 Å². The molecular formula is C15H14Cl3NO. The molecule has 0 saturated heterocycles. The van der Waals surface area contributed by atoms with Crippen LogP contribution in [0.15, 0.2) is 36.4 Å². The summed E-state index contributed by atoms with van der Waals surface area (Å²) >= 11 is 18.7. The molecule has 5 heteroatoms. The van der Waals surface area contributed by atoms with Crippen LogP contribution in [0.5, 0.6) is 5.75 Å². The van der Waals surface area contributed by atoms with Gasteiger partial charge < -0.3 is 10.1 Å². The molecule has 0 fully saturated rings. The predicted molar refractivity (Wildman–Crippen MR) is 85.4 cm³/mol. The summed E-state index contributed by atoms with van der Waals surface area (Å²) < 4.78 is 5.16. The normalized spacial score (nSPS) is 12.2. The molecule has 1 atom stereocenters. The first kappa shape index (κ1) is 15.5. The van der Waals surface area contributed by atoms with Crippen molar-refractivity contribution in [3.8, 4) is 5.75 Å². The minimum absolute atomic E-state index is 0.139. The number of nitrogens with one attached hydrogen (secondary N) is 1. The number of halogens is 3. The molecule has 0 aliphatic rings. The third-order valence-electron chi connectivity index (χ3n) is 3.09. The number of ether oxygens (including phenoxy) is 1. The molecule has 1 N–H and O–H groups in total. The van der Waals surface area contributed by atoms with E-state index in [1.807, 2.05) is 43.4 Å². The zero-order valence-electron chi connectivity index (χ0n) is 11.1. The Hall–Kier alpha value is -0.930. The van der Waals surface area contributed by atoms with Crippen LogP contribution < -0.4 is 10.1 Å². The van der Waals surface area contributed by atoms with Crippen molar-refractivity contribution in [2.75, 3.05) is 14.2 Å². The SMILES string of the molecule is CNC(c1ccc(OC)c(Cl)c1)c1c(Cl)cccc1Cl. The maximum Gasteiger partial charge on any atom is 0.137 e. The summed E-state index contributed by atoms with van der Waals surface area (Å²) in [5.41, 5.74) is 1.80. The number of hydrogen-bond acceptors (Lipinski definition) is 2. The Bertz CT molecular complexity index is 596. The zero-order valence-corrected chi connectivity index (χ0v) is 13.4. The van der Waals surface area contributed by atoms with E-state index in [1.165, 1.54) is 0 Å². The van der Waals surface area contributed by atoms with Gasteiger partial charge in [0.1, 0.15) is 5.75 Å². The lowest BCUT2D eigenvalue weighted by Gasteiger charge is -2.20. The highest BCUT2D eigenvalue weighted by molar-refractivity contribution is 6.36. The van der Waals surface area contributed by atoms with Crippen LogP contribution in [0, 0.1) is 0 Å². The molecule has 0 spiro atoms. The van der Waals surface area contributed by atoms with E-state index in [2.05, 4.69) is 5.32 Å². The Labute approximate surface area is 133 Å². The maximum atomic E-state index is 6.27. The van der Waals surface area contributed by atoms with E-state index in [9.17, 15) is 0 Å². The minimum Gasteiger partial charge on any atom is -0.495 e. The summed E-state index contributed by atoms with van der Waals surface area (Å²) in [7, 11) is 3.43. The molecule has 2 aromatic carbocycles. The van der Waals surface area contributed by atoms with Crippen LogP contribution in [0.25, 0.3) is 0 Å². The third kappa shape index (κ3) is 3.04. The van der Waals surface area contributed by atoms with E-state index in [0.717, 1.165) is 11.1 Å². The molecule has 0 aliphatic heterocycles. The fourth-order valence-electron chi connectivity index (χ4n) is 2.13. The van der Waals surface area contributed by atoms with E-state index < -0.39 is 0 Å². The molecule has 0 aromatic heterocycles. The molecule has 20 heavy (non-hydrogen) atoms. The van der Waals surface area contributed by atoms with Gasteiger partial charge in [0.15, 0.2) is 0 Å². The molecular weight excluding hydrogens is 317 g/mol. The molecule has 0 radical (unpaired) electrons. The molecule has 0 amide bonds. The molecule has 0 bridgehead atoms. The highest BCUT2D eigenvalue weighted by atomic mass is 35.5. The molecule has 0 heterocycles. The quantitative estimate of drug-likeness (QED) is 0.855. The van der Waals surface area contributed by atoms with Crippen LogP contribution in [-0.2, 0) is 0 Å². The monoisotopic (exact) mass is 329 g/mol. The van der Waals surface area contributed by atoms with Gasteiger partial charge in [0.2, 0.25) is 0 Å². The van der Waals surface area contributed by atoms with Gasteiger partial charge in [-0.2, -0.15) is 0 Å². The smallest absolute Gasteiger partial charge is 0.137 e. The lowest BCUT2D eigenvalue weighted by atomic mass is 9.98. The summed E-state index contributed by atoms with van der Waals surface area (Å²) in [5, 5.41) is 4.99. The first-order chi connectivity index (χ1) is 9.58. The summed E-state index contributed by atoms with van der Waals surface area (Å²) in [6.07, 6.45) is 0. The van der Waals surface area contributed by atoms with E-state index in [1.54, 1.807) is 7.11 Å². The first-order valence-electron chi connectivity index (χ1n) is 6.03. The van der Waals surface area contributed by atoms with Crippen LogP contribution >= 0.6 is 34.8 Å². The van der Waals surface area contributed by atoms with Gasteiger partial charge in [0.25, 0.3) is 0 Å². The van der Waals surface area contributed by atoms with Gasteiger partial charge in [-0.15, -0.1) is 0 Å². The Balaban J connectivity index is 2.50. The lowest BCUT2D eigenvalue weighted by Crippen LogP contribution is -2.18. The number of rotatable bonds is 4. The van der Waals surface area contributed by atoms with Crippen molar-refractivity contribution in [2.24, 2.45) is 0 Å². The Morgan fingerprint density at radius 3 is 2.15 bits per heavy atom. The van der Waals surface area contributed by atoms with Crippen molar-refractivity contribution in [3.05, 3.63) is 62.6 Å². The topological polar surface area (TPSA) is 21.3 Å². The Kier molecular flexibility index (Phi) is 5.17. The molecule has 2 nitrogen and oxygen atoms in total. The van der Waals surface area contributed by atoms with Crippen molar-refractivity contribution >= 4 is 34.8 Å². The Morgan fingerprint density at radius 1 is 1.00 bits per heavy atom. The van der Waals surface area contributed by atoms with Crippen molar-refractivity contribution in [1.82, 2.24) is 5.32 Å². The molecule has 0 saturated carbocycles. The second-order valence-electron chi connectivity index (χ2n) is 4.25. The molecule has 2 aromatic rings. The largest absolute Gasteiger partial charge is 0.495 e. The number of benzene rings is 2. The molecule has 1 unspecified atom stereocenters. The fraction of sp³-hybridized carbons (Fsp3) is 0.200. The summed E-state index contributed by atoms with van der Waals surface area (Å²) in [6, 6.07) is 10.9. The second kappa shape index (κ2) is 6.68. The van der Waals surface area contributed by atoms with Crippen LogP contribution in [0.2, 0.25) is 15.1 Å². The van der Waals surface area contributed by atoms with E-state index in [0.29, 0.717) is 20.8 Å². The van der Waals surface area contributed by atoms with E-state index in [-0.39, 0.29) is 6.04 Å². The minimum atomic E-state index is -0.139. The van der Waals surface area contributed by atoms with Crippen LogP contribution in [0.4, 0.5) is 0 Å². The summed E-state index contributed by atoms with van der Waals surface area (Å²) in [4.78, 5) is 0. The Morgan fingerprint density at radius 2 is 1.65 bits per heavy atom. The van der Waals surface area contributed by atoms with Gasteiger partial charge in [-0.3, -0.25) is 0 Å². The standard InChI is InChI=1S/C15H14Cl3NO/c1-19-15(14-10(16)4-3-5-11(14)17)9-6-7-13(20-2)12(18)8-9/h3-8,15,19H,1-2H3. The number of hydrogen-bond donors (Lipinski definition) is 1. The average molecular weight is 331 g/mol. The highest BCUT2D eigenvalue weighted by Crippen LogP contribution is 2.36. The van der Waals surface area contributed by atoms with E-state index >= 15 is 0 Å². The summed E-state index contributed by atoms with van der Waals surface area (Å²) in [5.74, 6) is 0.635. The highest BCUT2D eigenvalue weighted by Gasteiger charge is 2.19. The van der Waals surface area contributed by atoms with Gasteiger partial charge in [-0.25, -0.2) is 0 Å². The van der Waals surface area contributed by atoms with Crippen LogP contribution in [0.1, 0.15) is 17.2 Å². The summed E-state index contributed by atoms with van der Waals surface area (Å²) in [6.45, 7) is 0. The fourth-order valence-corrected chi connectivity index (χ4v) is 3.01. The second-order valence-corrected chi connectivity index (χ2v) is 5.47. The van der Waals surface area contributed by atoms with Gasteiger partial charge in [0.05, 0.1) is 18.2 Å². The number of methoxy groups -OCH3 is 1. The van der Waals surface area contributed by atoms with Crippen molar-refractivity contribution < 1.29 is 4.74 Å². The molecule has 2 rings (SSSR count). The van der Waals surface area contributed by atoms with Gasteiger partial charge in [-0.05, 0) is 36.9 Å². The third-order valence-corrected chi connectivity index (χ3v) is 4.04. The average Bonchev–Trinajstić information content (AvgIpc) is 2.43. The first-order valence-corrected chi connectivity index (χ1v) is 7.16. The van der Waals surface area contributed by atoms with Gasteiger partial charge >= 0.3 is 0 Å². The van der Waals surface area contributed by atoms with Crippen LogP contribution in [-0.4, -0.2) is 14.2 Å². The van der Waals surface area contributed by atoms with Crippen LogP contribution in [0.3, 0.4) is 0 Å².